The Hall–Kier alpha value is -1.71. The van der Waals surface area contributed by atoms with Crippen molar-refractivity contribution in [3.63, 3.8) is 0 Å². The summed E-state index contributed by atoms with van der Waals surface area (Å²) in [5, 5.41) is 0. The zero-order valence-corrected chi connectivity index (χ0v) is 11.6. The van der Waals surface area contributed by atoms with E-state index in [1.165, 1.54) is 18.4 Å². The normalized spacial score (nSPS) is 26.4. The number of methoxy groups -OCH3 is 1. The summed E-state index contributed by atoms with van der Waals surface area (Å²) in [5.41, 5.74) is 7.16. The highest BCUT2D eigenvalue weighted by atomic mass is 16.5. The first-order valence-electron chi connectivity index (χ1n) is 6.85. The molecule has 1 fully saturated rings. The number of aliphatic imine (C=N–C) groups is 1. The van der Waals surface area contributed by atoms with E-state index in [-0.39, 0.29) is 5.54 Å². The van der Waals surface area contributed by atoms with Crippen LogP contribution in [0.5, 0.6) is 5.75 Å². The highest BCUT2D eigenvalue weighted by Crippen LogP contribution is 2.38. The Kier molecular flexibility index (Phi) is 2.88. The van der Waals surface area contributed by atoms with Crippen LogP contribution >= 0.6 is 0 Å². The van der Waals surface area contributed by atoms with Crippen molar-refractivity contribution in [1.29, 1.82) is 0 Å². The highest BCUT2D eigenvalue weighted by molar-refractivity contribution is 5.81. The first-order valence-corrected chi connectivity index (χ1v) is 6.85. The zero-order valence-electron chi connectivity index (χ0n) is 11.6. The molecule has 1 aromatic carbocycles. The fourth-order valence-electron chi connectivity index (χ4n) is 2.72. The van der Waals surface area contributed by atoms with E-state index in [0.717, 1.165) is 24.8 Å². The molecular formula is C15H21N3O. The van der Waals surface area contributed by atoms with Crippen molar-refractivity contribution in [1.82, 2.24) is 4.90 Å². The third-order valence-electron chi connectivity index (χ3n) is 4.25. The summed E-state index contributed by atoms with van der Waals surface area (Å²) in [6.45, 7) is 3.95. The zero-order chi connectivity index (χ0) is 13.5. The van der Waals surface area contributed by atoms with E-state index in [0.29, 0.717) is 5.96 Å². The van der Waals surface area contributed by atoms with Gasteiger partial charge in [0.1, 0.15) is 5.75 Å². The molecule has 102 valence electrons. The van der Waals surface area contributed by atoms with Crippen molar-refractivity contribution >= 4 is 5.96 Å². The maximum absolute atomic E-state index is 6.08. The summed E-state index contributed by atoms with van der Waals surface area (Å²) >= 11 is 0. The molecule has 0 radical (unpaired) electrons. The number of benzene rings is 1. The molecule has 4 heteroatoms. The Labute approximate surface area is 114 Å². The second-order valence-corrected chi connectivity index (χ2v) is 5.73. The van der Waals surface area contributed by atoms with Crippen molar-refractivity contribution in [3.8, 4) is 5.75 Å². The minimum atomic E-state index is -0.138. The van der Waals surface area contributed by atoms with E-state index in [4.69, 9.17) is 10.5 Å². The Morgan fingerprint density at radius 3 is 2.95 bits per heavy atom. The van der Waals surface area contributed by atoms with Crippen LogP contribution in [0.15, 0.2) is 29.3 Å². The Morgan fingerprint density at radius 2 is 2.26 bits per heavy atom. The molecule has 0 saturated heterocycles. The van der Waals surface area contributed by atoms with Gasteiger partial charge in [0.2, 0.25) is 0 Å². The predicted octanol–water partition coefficient (Wildman–Crippen LogP) is 1.95. The summed E-state index contributed by atoms with van der Waals surface area (Å²) in [7, 11) is 1.70. The lowest BCUT2D eigenvalue weighted by atomic mass is 9.90. The second-order valence-electron chi connectivity index (χ2n) is 5.73. The lowest BCUT2D eigenvalue weighted by molar-refractivity contribution is 0.216. The number of hydrogen-bond acceptors (Lipinski definition) is 4. The number of ether oxygens (including phenoxy) is 1. The molecule has 0 aromatic heterocycles. The molecule has 1 aliphatic carbocycles. The molecule has 2 aliphatic rings. The molecule has 1 aromatic rings. The van der Waals surface area contributed by atoms with Crippen molar-refractivity contribution in [2.24, 2.45) is 16.6 Å². The SMILES string of the molecule is COc1cccc(C2(C)CN=C(N)N2CC2CC2)c1. The Morgan fingerprint density at radius 1 is 1.47 bits per heavy atom. The smallest absolute Gasteiger partial charge is 0.192 e. The first kappa shape index (κ1) is 12.3. The minimum Gasteiger partial charge on any atom is -0.497 e. The van der Waals surface area contributed by atoms with Gasteiger partial charge in [0.25, 0.3) is 0 Å². The molecule has 1 atom stereocenters. The number of rotatable bonds is 4. The van der Waals surface area contributed by atoms with Crippen molar-refractivity contribution in [3.05, 3.63) is 29.8 Å². The van der Waals surface area contributed by atoms with Crippen LogP contribution < -0.4 is 10.5 Å². The minimum absolute atomic E-state index is 0.138. The molecule has 1 aliphatic heterocycles. The van der Waals surface area contributed by atoms with Crippen LogP contribution in [0.25, 0.3) is 0 Å². The fraction of sp³-hybridized carbons (Fsp3) is 0.533. The molecule has 1 saturated carbocycles. The third-order valence-corrected chi connectivity index (χ3v) is 4.25. The van der Waals surface area contributed by atoms with Crippen molar-refractivity contribution in [2.45, 2.75) is 25.3 Å². The van der Waals surface area contributed by atoms with Crippen LogP contribution in [0, 0.1) is 5.92 Å². The molecule has 19 heavy (non-hydrogen) atoms. The summed E-state index contributed by atoms with van der Waals surface area (Å²) in [6, 6.07) is 8.23. The second kappa shape index (κ2) is 4.44. The molecular weight excluding hydrogens is 238 g/mol. The molecule has 1 heterocycles. The van der Waals surface area contributed by atoms with Crippen molar-refractivity contribution in [2.75, 3.05) is 20.2 Å². The monoisotopic (exact) mass is 259 g/mol. The molecule has 0 amide bonds. The predicted molar refractivity (Wildman–Crippen MR) is 76.3 cm³/mol. The number of hydrogen-bond donors (Lipinski definition) is 1. The van der Waals surface area contributed by atoms with E-state index < -0.39 is 0 Å². The van der Waals surface area contributed by atoms with Gasteiger partial charge in [0.15, 0.2) is 5.96 Å². The van der Waals surface area contributed by atoms with Gasteiger partial charge in [-0.1, -0.05) is 12.1 Å². The van der Waals surface area contributed by atoms with Gasteiger partial charge in [-0.25, -0.2) is 0 Å². The summed E-state index contributed by atoms with van der Waals surface area (Å²) in [6.07, 6.45) is 2.63. The van der Waals surface area contributed by atoms with E-state index >= 15 is 0 Å². The Balaban J connectivity index is 1.91. The number of guanidine groups is 1. The molecule has 2 N–H and O–H groups in total. The summed E-state index contributed by atoms with van der Waals surface area (Å²) in [4.78, 5) is 6.73. The average molecular weight is 259 g/mol. The van der Waals surface area contributed by atoms with Gasteiger partial charge in [-0.15, -0.1) is 0 Å². The molecule has 0 spiro atoms. The van der Waals surface area contributed by atoms with Crippen LogP contribution in [0.2, 0.25) is 0 Å². The lowest BCUT2D eigenvalue weighted by Crippen LogP contribution is -2.48. The quantitative estimate of drug-likeness (QED) is 0.899. The van der Waals surface area contributed by atoms with E-state index in [1.807, 2.05) is 12.1 Å². The maximum atomic E-state index is 6.08. The summed E-state index contributed by atoms with van der Waals surface area (Å²) in [5.74, 6) is 2.35. The van der Waals surface area contributed by atoms with Gasteiger partial charge in [0.05, 0.1) is 19.2 Å². The van der Waals surface area contributed by atoms with Gasteiger partial charge in [-0.3, -0.25) is 4.99 Å². The molecule has 4 nitrogen and oxygen atoms in total. The number of nitrogens with zero attached hydrogens (tertiary/aromatic N) is 2. The topological polar surface area (TPSA) is 50.9 Å². The van der Waals surface area contributed by atoms with Crippen LogP contribution in [-0.2, 0) is 5.54 Å². The Bertz CT molecular complexity index is 510. The fourth-order valence-corrected chi connectivity index (χ4v) is 2.72. The van der Waals surface area contributed by atoms with Crippen LogP contribution in [0.3, 0.4) is 0 Å². The van der Waals surface area contributed by atoms with E-state index in [9.17, 15) is 0 Å². The standard InChI is InChI=1S/C15H21N3O/c1-15(12-4-3-5-13(8-12)19-2)10-17-14(16)18(15)9-11-6-7-11/h3-5,8,11H,6-7,9-10H2,1-2H3,(H2,16,17). The van der Waals surface area contributed by atoms with E-state index in [1.54, 1.807) is 7.11 Å². The first-order chi connectivity index (χ1) is 9.13. The molecule has 1 unspecified atom stereocenters. The third kappa shape index (κ3) is 2.15. The molecule has 3 rings (SSSR count). The van der Waals surface area contributed by atoms with Crippen LogP contribution in [0.4, 0.5) is 0 Å². The number of nitrogens with two attached hydrogens (primary N) is 1. The van der Waals surface area contributed by atoms with Gasteiger partial charge in [-0.05, 0) is 43.4 Å². The van der Waals surface area contributed by atoms with Crippen LogP contribution in [-0.4, -0.2) is 31.1 Å². The van der Waals surface area contributed by atoms with E-state index in [2.05, 4.69) is 28.9 Å². The largest absolute Gasteiger partial charge is 0.497 e. The molecule has 0 bridgehead atoms. The van der Waals surface area contributed by atoms with Gasteiger partial charge >= 0.3 is 0 Å². The van der Waals surface area contributed by atoms with Gasteiger partial charge < -0.3 is 15.4 Å². The van der Waals surface area contributed by atoms with Crippen LogP contribution in [0.1, 0.15) is 25.3 Å². The average Bonchev–Trinajstić information content (AvgIpc) is 3.21. The van der Waals surface area contributed by atoms with Gasteiger partial charge in [-0.2, -0.15) is 0 Å². The lowest BCUT2D eigenvalue weighted by Gasteiger charge is -2.37. The maximum Gasteiger partial charge on any atom is 0.192 e. The summed E-state index contributed by atoms with van der Waals surface area (Å²) < 4.78 is 5.33. The highest BCUT2D eigenvalue weighted by Gasteiger charge is 2.42. The van der Waals surface area contributed by atoms with Gasteiger partial charge in [0, 0.05) is 6.54 Å². The van der Waals surface area contributed by atoms with Crippen molar-refractivity contribution < 1.29 is 4.74 Å².